The van der Waals surface area contributed by atoms with Crippen molar-refractivity contribution in [3.8, 4) is 11.5 Å². The van der Waals surface area contributed by atoms with Gasteiger partial charge in [0.15, 0.2) is 0 Å². The summed E-state index contributed by atoms with van der Waals surface area (Å²) in [5.74, 6) is 1.03. The lowest BCUT2D eigenvalue weighted by molar-refractivity contribution is 0.0955. The van der Waals surface area contributed by atoms with Gasteiger partial charge in [-0.2, -0.15) is 5.10 Å². The van der Waals surface area contributed by atoms with E-state index < -0.39 is 0 Å². The average Bonchev–Trinajstić information content (AvgIpc) is 2.77. The molecule has 0 aliphatic heterocycles. The fourth-order valence-corrected chi connectivity index (χ4v) is 3.16. The number of rotatable bonds is 13. The predicted molar refractivity (Wildman–Crippen MR) is 123 cm³/mol. The summed E-state index contributed by atoms with van der Waals surface area (Å²) in [5.41, 5.74) is 3.66. The third-order valence-corrected chi connectivity index (χ3v) is 5.02. The fourth-order valence-electron chi connectivity index (χ4n) is 2.94. The third-order valence-electron chi connectivity index (χ3n) is 4.69. The molecule has 0 radical (unpaired) electrons. The average molecular weight is 431 g/mol. The van der Waals surface area contributed by atoms with Crippen LogP contribution in [0, 0.1) is 0 Å². The quantitative estimate of drug-likeness (QED) is 0.232. The standard InChI is InChI=1S/C24H31ClN2O3/c1-3-4-5-6-7-8-9-15-30-22-14-13-20(23(25)17-22)18-26-27-24(28)19-11-10-12-21(16-19)29-2/h10-14,16-18H,3-9,15H2,1-2H3,(H,27,28)/b26-18+. The second kappa shape index (κ2) is 13.6. The van der Waals surface area contributed by atoms with Gasteiger partial charge in [0.2, 0.25) is 0 Å². The Morgan fingerprint density at radius 2 is 1.80 bits per heavy atom. The Labute approximate surface area is 184 Å². The number of halogens is 1. The van der Waals surface area contributed by atoms with Crippen LogP contribution in [0.1, 0.15) is 67.8 Å². The van der Waals surface area contributed by atoms with Crippen molar-refractivity contribution < 1.29 is 14.3 Å². The number of hydrogen-bond acceptors (Lipinski definition) is 4. The van der Waals surface area contributed by atoms with E-state index in [1.807, 2.05) is 12.1 Å². The smallest absolute Gasteiger partial charge is 0.271 e. The van der Waals surface area contributed by atoms with Crippen molar-refractivity contribution in [3.05, 3.63) is 58.6 Å². The number of methoxy groups -OCH3 is 1. The summed E-state index contributed by atoms with van der Waals surface area (Å²) in [5, 5.41) is 4.51. The molecular weight excluding hydrogens is 400 g/mol. The molecule has 2 aromatic carbocycles. The Hall–Kier alpha value is -2.53. The number of amides is 1. The van der Waals surface area contributed by atoms with Crippen LogP contribution in [0.4, 0.5) is 0 Å². The lowest BCUT2D eigenvalue weighted by atomic mass is 10.1. The Morgan fingerprint density at radius 3 is 2.53 bits per heavy atom. The first-order chi connectivity index (χ1) is 14.6. The van der Waals surface area contributed by atoms with E-state index in [4.69, 9.17) is 21.1 Å². The number of hydrazone groups is 1. The largest absolute Gasteiger partial charge is 0.497 e. The van der Waals surface area contributed by atoms with E-state index in [0.29, 0.717) is 28.5 Å². The maximum absolute atomic E-state index is 12.2. The molecule has 0 aliphatic carbocycles. The molecule has 2 rings (SSSR count). The fraction of sp³-hybridized carbons (Fsp3) is 0.417. The van der Waals surface area contributed by atoms with Crippen LogP contribution in [-0.2, 0) is 0 Å². The number of benzene rings is 2. The van der Waals surface area contributed by atoms with E-state index in [9.17, 15) is 4.79 Å². The van der Waals surface area contributed by atoms with Gasteiger partial charge < -0.3 is 9.47 Å². The number of carbonyl (C=O) groups is 1. The minimum Gasteiger partial charge on any atom is -0.497 e. The van der Waals surface area contributed by atoms with Crippen LogP contribution in [0.15, 0.2) is 47.6 Å². The van der Waals surface area contributed by atoms with Gasteiger partial charge in [0.25, 0.3) is 5.91 Å². The van der Waals surface area contributed by atoms with Crippen molar-refractivity contribution in [3.63, 3.8) is 0 Å². The van der Waals surface area contributed by atoms with E-state index >= 15 is 0 Å². The predicted octanol–water partition coefficient (Wildman–Crippen LogP) is 6.24. The third kappa shape index (κ3) is 8.46. The minimum atomic E-state index is -0.323. The highest BCUT2D eigenvalue weighted by Gasteiger charge is 2.06. The molecule has 2 aromatic rings. The zero-order valence-corrected chi connectivity index (χ0v) is 18.6. The van der Waals surface area contributed by atoms with Crippen molar-refractivity contribution in [2.45, 2.75) is 51.9 Å². The molecular formula is C24H31ClN2O3. The van der Waals surface area contributed by atoms with Crippen molar-refractivity contribution in [1.29, 1.82) is 0 Å². The van der Waals surface area contributed by atoms with E-state index in [0.717, 1.165) is 12.2 Å². The highest BCUT2D eigenvalue weighted by molar-refractivity contribution is 6.33. The van der Waals surface area contributed by atoms with Gasteiger partial charge in [-0.1, -0.05) is 63.1 Å². The summed E-state index contributed by atoms with van der Waals surface area (Å²) in [6, 6.07) is 12.3. The maximum atomic E-state index is 12.2. The van der Waals surface area contributed by atoms with Crippen molar-refractivity contribution >= 4 is 23.7 Å². The second-order valence-corrected chi connectivity index (χ2v) is 7.49. The number of unbranched alkanes of at least 4 members (excludes halogenated alkanes) is 6. The lowest BCUT2D eigenvalue weighted by Gasteiger charge is -2.08. The van der Waals surface area contributed by atoms with Crippen LogP contribution < -0.4 is 14.9 Å². The Bertz CT molecular complexity index is 824. The molecule has 0 fully saturated rings. The zero-order chi connectivity index (χ0) is 21.6. The normalized spacial score (nSPS) is 10.9. The van der Waals surface area contributed by atoms with Crippen LogP contribution in [0.2, 0.25) is 5.02 Å². The monoisotopic (exact) mass is 430 g/mol. The van der Waals surface area contributed by atoms with Gasteiger partial charge in [0.1, 0.15) is 11.5 Å². The van der Waals surface area contributed by atoms with E-state index in [2.05, 4.69) is 17.5 Å². The maximum Gasteiger partial charge on any atom is 0.271 e. The number of nitrogens with zero attached hydrogens (tertiary/aromatic N) is 1. The molecule has 0 aromatic heterocycles. The minimum absolute atomic E-state index is 0.323. The molecule has 0 bridgehead atoms. The molecule has 1 N–H and O–H groups in total. The van der Waals surface area contributed by atoms with Gasteiger partial charge in [-0.05, 0) is 42.8 Å². The molecule has 5 nitrogen and oxygen atoms in total. The highest BCUT2D eigenvalue weighted by atomic mass is 35.5. The summed E-state index contributed by atoms with van der Waals surface area (Å²) in [6.45, 7) is 2.92. The summed E-state index contributed by atoms with van der Waals surface area (Å²) in [4.78, 5) is 12.2. The van der Waals surface area contributed by atoms with Gasteiger partial charge in [0, 0.05) is 11.1 Å². The van der Waals surface area contributed by atoms with Crippen molar-refractivity contribution in [2.24, 2.45) is 5.10 Å². The second-order valence-electron chi connectivity index (χ2n) is 7.08. The Balaban J connectivity index is 1.76. The first-order valence-electron chi connectivity index (χ1n) is 10.5. The van der Waals surface area contributed by atoms with Gasteiger partial charge in [0.05, 0.1) is 25.0 Å². The van der Waals surface area contributed by atoms with Crippen LogP contribution >= 0.6 is 11.6 Å². The molecule has 162 valence electrons. The topological polar surface area (TPSA) is 59.9 Å². The molecule has 0 unspecified atom stereocenters. The van der Waals surface area contributed by atoms with Crippen LogP contribution in [0.3, 0.4) is 0 Å². The van der Waals surface area contributed by atoms with Crippen LogP contribution in [0.25, 0.3) is 0 Å². The molecule has 30 heavy (non-hydrogen) atoms. The van der Waals surface area contributed by atoms with Crippen LogP contribution in [0.5, 0.6) is 11.5 Å². The first kappa shape index (κ1) is 23.7. The molecule has 0 heterocycles. The molecule has 0 saturated heterocycles. The molecule has 0 aliphatic rings. The molecule has 1 amide bonds. The number of carbonyl (C=O) groups excluding carboxylic acids is 1. The lowest BCUT2D eigenvalue weighted by Crippen LogP contribution is -2.17. The molecule has 6 heteroatoms. The van der Waals surface area contributed by atoms with Gasteiger partial charge in [-0.3, -0.25) is 4.79 Å². The Morgan fingerprint density at radius 1 is 1.03 bits per heavy atom. The van der Waals surface area contributed by atoms with E-state index in [1.165, 1.54) is 44.7 Å². The summed E-state index contributed by atoms with van der Waals surface area (Å²) < 4.78 is 10.9. The molecule has 0 saturated carbocycles. The van der Waals surface area contributed by atoms with E-state index in [1.54, 1.807) is 37.4 Å². The SMILES string of the molecule is CCCCCCCCCOc1ccc(/C=N/NC(=O)c2cccc(OC)c2)c(Cl)c1. The van der Waals surface area contributed by atoms with Crippen LogP contribution in [-0.4, -0.2) is 25.8 Å². The van der Waals surface area contributed by atoms with Gasteiger partial charge >= 0.3 is 0 Å². The number of ether oxygens (including phenoxy) is 2. The molecule has 0 spiro atoms. The summed E-state index contributed by atoms with van der Waals surface area (Å²) in [7, 11) is 1.55. The van der Waals surface area contributed by atoms with Gasteiger partial charge in [-0.25, -0.2) is 5.43 Å². The zero-order valence-electron chi connectivity index (χ0n) is 17.8. The Kier molecular flexibility index (Phi) is 10.8. The van der Waals surface area contributed by atoms with Crippen molar-refractivity contribution in [2.75, 3.05) is 13.7 Å². The summed E-state index contributed by atoms with van der Waals surface area (Å²) in [6.07, 6.45) is 10.3. The number of nitrogens with one attached hydrogen (secondary N) is 1. The molecule has 0 atom stereocenters. The van der Waals surface area contributed by atoms with Crippen molar-refractivity contribution in [1.82, 2.24) is 5.43 Å². The first-order valence-corrected chi connectivity index (χ1v) is 10.9. The highest BCUT2D eigenvalue weighted by Crippen LogP contribution is 2.22. The summed E-state index contributed by atoms with van der Waals surface area (Å²) >= 11 is 6.31. The van der Waals surface area contributed by atoms with E-state index in [-0.39, 0.29) is 5.91 Å². The van der Waals surface area contributed by atoms with Gasteiger partial charge in [-0.15, -0.1) is 0 Å². The number of hydrogen-bond donors (Lipinski definition) is 1.